The summed E-state index contributed by atoms with van der Waals surface area (Å²) in [6.07, 6.45) is 1.76. The van der Waals surface area contributed by atoms with Gasteiger partial charge in [-0.25, -0.2) is 13.6 Å². The van der Waals surface area contributed by atoms with E-state index in [0.717, 1.165) is 12.1 Å². The lowest BCUT2D eigenvalue weighted by atomic mass is 10.1. The van der Waals surface area contributed by atoms with Gasteiger partial charge in [-0.05, 0) is 31.2 Å². The van der Waals surface area contributed by atoms with Crippen LogP contribution in [0.25, 0.3) is 16.7 Å². The molecule has 0 saturated carbocycles. The molecule has 0 atom stereocenters. The number of para-hydroxylation sites is 1. The number of carbonyl (C=O) groups is 2. The van der Waals surface area contributed by atoms with Gasteiger partial charge in [-0.15, -0.1) is 0 Å². The molecule has 0 bridgehead atoms. The molecule has 0 saturated heterocycles. The standard InChI is InChI=1S/C22H17F2NO5/c1-2-30-22(29)20(27)10-19(26)15-12-25(11-14-16(23)7-5-8-17(14)24)18-9-4-3-6-13(18)21(15)28/h3-10,12,26H,2,11H2,1H3. The number of hydrogen-bond acceptors (Lipinski definition) is 5. The smallest absolute Gasteiger partial charge is 0.379 e. The second kappa shape index (κ2) is 8.69. The molecule has 1 aromatic heterocycles. The third kappa shape index (κ3) is 4.12. The van der Waals surface area contributed by atoms with Gasteiger partial charge in [0.15, 0.2) is 5.43 Å². The maximum atomic E-state index is 14.1. The lowest BCUT2D eigenvalue weighted by molar-refractivity contribution is -0.151. The summed E-state index contributed by atoms with van der Waals surface area (Å²) < 4.78 is 34.2. The first-order valence-electron chi connectivity index (χ1n) is 9.00. The van der Waals surface area contributed by atoms with Crippen LogP contribution in [0.4, 0.5) is 8.78 Å². The Bertz CT molecular complexity index is 1210. The second-order valence-electron chi connectivity index (χ2n) is 6.33. The number of nitrogens with zero attached hydrogens (tertiary/aromatic N) is 1. The summed E-state index contributed by atoms with van der Waals surface area (Å²) in [5.41, 5.74) is -0.772. The van der Waals surface area contributed by atoms with E-state index >= 15 is 0 Å². The van der Waals surface area contributed by atoms with Crippen molar-refractivity contribution in [3.63, 3.8) is 0 Å². The lowest BCUT2D eigenvalue weighted by Gasteiger charge is -2.14. The highest BCUT2D eigenvalue weighted by Gasteiger charge is 2.18. The number of aromatic nitrogens is 1. The minimum atomic E-state index is -1.18. The summed E-state index contributed by atoms with van der Waals surface area (Å²) in [6.45, 7) is 1.21. The Hall–Kier alpha value is -3.81. The molecule has 1 heterocycles. The van der Waals surface area contributed by atoms with Crippen LogP contribution in [0.2, 0.25) is 0 Å². The van der Waals surface area contributed by atoms with Gasteiger partial charge >= 0.3 is 5.97 Å². The molecular weight excluding hydrogens is 396 g/mol. The molecular formula is C22H17F2NO5. The fraction of sp³-hybridized carbons (Fsp3) is 0.136. The van der Waals surface area contributed by atoms with Crippen molar-refractivity contribution in [3.05, 3.63) is 87.7 Å². The number of hydrogen-bond donors (Lipinski definition) is 1. The predicted molar refractivity (Wildman–Crippen MR) is 106 cm³/mol. The quantitative estimate of drug-likeness (QED) is 0.290. The maximum Gasteiger partial charge on any atom is 0.379 e. The van der Waals surface area contributed by atoms with Gasteiger partial charge < -0.3 is 14.4 Å². The molecule has 0 radical (unpaired) electrons. The molecule has 154 valence electrons. The molecule has 0 aliphatic heterocycles. The van der Waals surface area contributed by atoms with Crippen molar-refractivity contribution in [1.29, 1.82) is 0 Å². The van der Waals surface area contributed by atoms with Crippen molar-refractivity contribution in [2.45, 2.75) is 13.5 Å². The Balaban J connectivity index is 2.15. The topological polar surface area (TPSA) is 85.6 Å². The van der Waals surface area contributed by atoms with Crippen molar-refractivity contribution in [2.24, 2.45) is 0 Å². The van der Waals surface area contributed by atoms with Crippen molar-refractivity contribution in [3.8, 4) is 0 Å². The number of carbonyl (C=O) groups excluding carboxylic acids is 2. The van der Waals surface area contributed by atoms with E-state index < -0.39 is 34.6 Å². The van der Waals surface area contributed by atoms with Crippen LogP contribution in [0.5, 0.6) is 0 Å². The number of pyridine rings is 1. The van der Waals surface area contributed by atoms with E-state index in [1.54, 1.807) is 18.2 Å². The predicted octanol–water partition coefficient (Wildman–Crippen LogP) is 3.36. The van der Waals surface area contributed by atoms with Crippen molar-refractivity contribution in [1.82, 2.24) is 4.57 Å². The first kappa shape index (κ1) is 20.9. The summed E-state index contributed by atoms with van der Waals surface area (Å²) in [6, 6.07) is 9.76. The van der Waals surface area contributed by atoms with Gasteiger partial charge in [-0.3, -0.25) is 9.59 Å². The van der Waals surface area contributed by atoms with Crippen LogP contribution in [0, 0.1) is 11.6 Å². The largest absolute Gasteiger partial charge is 0.507 e. The van der Waals surface area contributed by atoms with Crippen LogP contribution in [0.3, 0.4) is 0 Å². The van der Waals surface area contributed by atoms with Crippen LogP contribution in [0.1, 0.15) is 18.1 Å². The average molecular weight is 413 g/mol. The highest BCUT2D eigenvalue weighted by Crippen LogP contribution is 2.20. The highest BCUT2D eigenvalue weighted by molar-refractivity contribution is 6.39. The fourth-order valence-electron chi connectivity index (χ4n) is 2.98. The molecule has 3 aromatic rings. The van der Waals surface area contributed by atoms with Gasteiger partial charge in [0, 0.05) is 23.2 Å². The molecule has 0 spiro atoms. The Kier molecular flexibility index (Phi) is 6.06. The molecule has 0 aliphatic rings. The van der Waals surface area contributed by atoms with Crippen LogP contribution in [-0.4, -0.2) is 28.0 Å². The Morgan fingerprint density at radius 3 is 2.43 bits per heavy atom. The number of rotatable bonds is 6. The molecule has 8 heteroatoms. The molecule has 0 amide bonds. The molecule has 0 fully saturated rings. The number of aliphatic hydroxyl groups excluding tert-OH is 1. The van der Waals surface area contributed by atoms with Gasteiger partial charge in [-0.1, -0.05) is 18.2 Å². The zero-order chi connectivity index (χ0) is 21.8. The molecule has 3 rings (SSSR count). The lowest BCUT2D eigenvalue weighted by Crippen LogP contribution is -2.18. The third-order valence-electron chi connectivity index (χ3n) is 4.40. The summed E-state index contributed by atoms with van der Waals surface area (Å²) in [4.78, 5) is 36.1. The fourth-order valence-corrected chi connectivity index (χ4v) is 2.98. The van der Waals surface area contributed by atoms with E-state index in [1.807, 2.05) is 0 Å². The van der Waals surface area contributed by atoms with Gasteiger partial charge in [0.25, 0.3) is 5.78 Å². The normalized spacial score (nSPS) is 11.5. The van der Waals surface area contributed by atoms with Gasteiger partial charge in [0.05, 0.1) is 24.2 Å². The van der Waals surface area contributed by atoms with Gasteiger partial charge in [0.1, 0.15) is 17.4 Å². The average Bonchev–Trinajstić information content (AvgIpc) is 2.72. The van der Waals surface area contributed by atoms with Crippen LogP contribution in [0.15, 0.2) is 59.5 Å². The molecule has 6 nitrogen and oxygen atoms in total. The Morgan fingerprint density at radius 1 is 1.10 bits per heavy atom. The van der Waals surface area contributed by atoms with Gasteiger partial charge in [-0.2, -0.15) is 0 Å². The minimum Gasteiger partial charge on any atom is -0.507 e. The molecule has 0 unspecified atom stereocenters. The summed E-state index contributed by atoms with van der Waals surface area (Å²) in [7, 11) is 0. The molecule has 0 aliphatic carbocycles. The number of ether oxygens (including phenoxy) is 1. The van der Waals surface area contributed by atoms with E-state index in [2.05, 4.69) is 4.74 Å². The van der Waals surface area contributed by atoms with E-state index in [-0.39, 0.29) is 29.7 Å². The first-order valence-corrected chi connectivity index (χ1v) is 9.00. The molecule has 2 aromatic carbocycles. The number of aliphatic hydroxyl groups is 1. The number of halogens is 2. The van der Waals surface area contributed by atoms with Crippen LogP contribution in [-0.2, 0) is 20.9 Å². The van der Waals surface area contributed by atoms with Crippen LogP contribution >= 0.6 is 0 Å². The Labute approximate surface area is 169 Å². The molecule has 1 N–H and O–H groups in total. The van der Waals surface area contributed by atoms with E-state index in [9.17, 15) is 28.3 Å². The first-order chi connectivity index (χ1) is 14.3. The van der Waals surface area contributed by atoms with Crippen LogP contribution < -0.4 is 5.43 Å². The summed E-state index contributed by atoms with van der Waals surface area (Å²) >= 11 is 0. The second-order valence-corrected chi connectivity index (χ2v) is 6.33. The number of fused-ring (bicyclic) bond motifs is 1. The van der Waals surface area contributed by atoms with Crippen molar-refractivity contribution < 1.29 is 28.2 Å². The number of esters is 1. The number of ketones is 1. The zero-order valence-electron chi connectivity index (χ0n) is 15.9. The molecule has 30 heavy (non-hydrogen) atoms. The summed E-state index contributed by atoms with van der Waals surface area (Å²) in [5, 5.41) is 10.5. The van der Waals surface area contributed by atoms with Crippen molar-refractivity contribution >= 4 is 28.4 Å². The van der Waals surface area contributed by atoms with Gasteiger partial charge in [0.2, 0.25) is 0 Å². The maximum absolute atomic E-state index is 14.1. The Morgan fingerprint density at radius 2 is 1.77 bits per heavy atom. The summed E-state index contributed by atoms with van der Waals surface area (Å²) in [5.74, 6) is -4.62. The van der Waals surface area contributed by atoms with E-state index in [0.29, 0.717) is 11.6 Å². The SMILES string of the molecule is CCOC(=O)C(=O)C=C(O)c1cn(Cc2c(F)cccc2F)c2ccccc2c1=O. The monoisotopic (exact) mass is 413 g/mol. The van der Waals surface area contributed by atoms with E-state index in [1.165, 1.54) is 29.8 Å². The van der Waals surface area contributed by atoms with E-state index in [4.69, 9.17) is 0 Å². The zero-order valence-corrected chi connectivity index (χ0v) is 15.9. The highest BCUT2D eigenvalue weighted by atomic mass is 19.1. The minimum absolute atomic E-state index is 0.0316. The van der Waals surface area contributed by atoms with Crippen molar-refractivity contribution in [2.75, 3.05) is 6.61 Å². The number of benzene rings is 2. The third-order valence-corrected chi connectivity index (χ3v) is 4.40.